The van der Waals surface area contributed by atoms with Crippen LogP contribution in [0.1, 0.15) is 46.1 Å². The highest BCUT2D eigenvalue weighted by atomic mass is 16.6. The zero-order chi connectivity index (χ0) is 28.0. The molecule has 0 heterocycles. The molecule has 7 atom stereocenters. The van der Waals surface area contributed by atoms with E-state index in [0.717, 1.165) is 16.3 Å². The molecule has 2 unspecified atom stereocenters. The number of fused-ring (bicyclic) bond motifs is 6. The molecule has 7 heteroatoms. The molecule has 4 aliphatic carbocycles. The summed E-state index contributed by atoms with van der Waals surface area (Å²) in [6, 6.07) is 13.9. The van der Waals surface area contributed by atoms with E-state index in [2.05, 4.69) is 5.18 Å². The number of carbonyl (C=O) groups excluding carboxylic acids is 2. The lowest BCUT2D eigenvalue weighted by Gasteiger charge is -2.50. The smallest absolute Gasteiger partial charge is 0.310 e. The minimum absolute atomic E-state index is 0.0300. The third-order valence-corrected chi connectivity index (χ3v) is 10.5. The Labute approximate surface area is 227 Å². The monoisotopic (exact) mass is 529 g/mol. The Morgan fingerprint density at radius 1 is 1.13 bits per heavy atom. The molecule has 0 radical (unpaired) electrons. The molecule has 0 saturated heterocycles. The number of rotatable bonds is 5. The molecule has 6 rings (SSSR count). The summed E-state index contributed by atoms with van der Waals surface area (Å²) in [5.74, 6) is -2.73. The Balaban J connectivity index is 1.35. The van der Waals surface area contributed by atoms with E-state index < -0.39 is 45.7 Å². The number of nitrogens with zero attached hydrogens (tertiary/aromatic N) is 1. The second-order valence-corrected chi connectivity index (χ2v) is 12.8. The molecule has 0 aliphatic heterocycles. The van der Waals surface area contributed by atoms with Gasteiger partial charge in [-0.05, 0) is 46.7 Å². The summed E-state index contributed by atoms with van der Waals surface area (Å²) in [6.45, 7) is 7.29. The quantitative estimate of drug-likeness (QED) is 0.330. The summed E-state index contributed by atoms with van der Waals surface area (Å²) in [5.41, 5.74) is -2.63. The van der Waals surface area contributed by atoms with Gasteiger partial charge >= 0.3 is 5.97 Å². The predicted octanol–water partition coefficient (Wildman–Crippen LogP) is 4.68. The van der Waals surface area contributed by atoms with Gasteiger partial charge in [0.25, 0.3) is 0 Å². The number of ketones is 1. The molecule has 39 heavy (non-hydrogen) atoms. The fourth-order valence-electron chi connectivity index (χ4n) is 8.48. The molecule has 0 bridgehead atoms. The van der Waals surface area contributed by atoms with Crippen molar-refractivity contribution in [1.82, 2.24) is 0 Å². The Hall–Kier alpha value is -3.16. The van der Waals surface area contributed by atoms with Gasteiger partial charge in [0.1, 0.15) is 5.60 Å². The van der Waals surface area contributed by atoms with Crippen LogP contribution in [-0.2, 0) is 20.7 Å². The fourth-order valence-corrected chi connectivity index (χ4v) is 8.48. The number of hydrogen-bond donors (Lipinski definition) is 2. The van der Waals surface area contributed by atoms with Crippen molar-refractivity contribution in [2.45, 2.75) is 63.7 Å². The molecule has 2 aromatic carbocycles. The fraction of sp³-hybridized carbons (Fsp3) is 0.500. The maximum atomic E-state index is 13.4. The van der Waals surface area contributed by atoms with Gasteiger partial charge in [0.05, 0.1) is 18.6 Å². The minimum atomic E-state index is -1.68. The van der Waals surface area contributed by atoms with Gasteiger partial charge in [-0.2, -0.15) is 0 Å². The Morgan fingerprint density at radius 3 is 2.54 bits per heavy atom. The summed E-state index contributed by atoms with van der Waals surface area (Å²) in [4.78, 5) is 39.0. The number of aliphatic hydroxyl groups excluding tert-OH is 1. The van der Waals surface area contributed by atoms with E-state index in [1.54, 1.807) is 13.0 Å². The highest BCUT2D eigenvalue weighted by molar-refractivity contribution is 6.06. The van der Waals surface area contributed by atoms with Crippen LogP contribution in [0.3, 0.4) is 0 Å². The standard InChI is InChI=1S/C32H35NO6/c1-18-11-25-30(33-38,28(18)36)16-21(17-34)13-24-27-29(3,4)31(27,15-19(2)32(24,25)37)39-26(35)14-20-9-10-22-7-5-6-8-23(22)12-20/h5-13,19,24-25,27,34,37H,14-17H2,1-4H3/t19-,24?,25?,27-,30-,31+,32-/m1/s1. The van der Waals surface area contributed by atoms with Crippen LogP contribution >= 0.6 is 0 Å². The van der Waals surface area contributed by atoms with Crippen molar-refractivity contribution in [2.24, 2.45) is 34.3 Å². The predicted molar refractivity (Wildman–Crippen MR) is 147 cm³/mol. The first-order chi connectivity index (χ1) is 18.4. The number of hydrogen-bond acceptors (Lipinski definition) is 7. The topological polar surface area (TPSA) is 113 Å². The second-order valence-electron chi connectivity index (χ2n) is 12.8. The number of ether oxygens (including phenoxy) is 1. The van der Waals surface area contributed by atoms with Crippen molar-refractivity contribution in [3.63, 3.8) is 0 Å². The van der Waals surface area contributed by atoms with Gasteiger partial charge in [-0.1, -0.05) is 80.6 Å². The van der Waals surface area contributed by atoms with Crippen LogP contribution in [-0.4, -0.2) is 45.3 Å². The van der Waals surface area contributed by atoms with Crippen LogP contribution < -0.4 is 0 Å². The third kappa shape index (κ3) is 3.35. The van der Waals surface area contributed by atoms with Crippen LogP contribution in [0.25, 0.3) is 10.8 Å². The van der Waals surface area contributed by atoms with Gasteiger partial charge in [0.2, 0.25) is 0 Å². The number of Topliss-reactive ketones (excluding diaryl/α,β-unsaturated/α-hetero) is 1. The molecular formula is C32H35NO6. The summed E-state index contributed by atoms with van der Waals surface area (Å²) in [7, 11) is 0. The van der Waals surface area contributed by atoms with Gasteiger partial charge in [-0.25, -0.2) is 0 Å². The zero-order valence-electron chi connectivity index (χ0n) is 22.8. The van der Waals surface area contributed by atoms with E-state index in [-0.39, 0.29) is 31.3 Å². The maximum absolute atomic E-state index is 13.4. The van der Waals surface area contributed by atoms with Crippen molar-refractivity contribution in [2.75, 3.05) is 6.61 Å². The van der Waals surface area contributed by atoms with E-state index in [0.29, 0.717) is 17.6 Å². The van der Waals surface area contributed by atoms with Gasteiger partial charge in [0, 0.05) is 29.6 Å². The average molecular weight is 530 g/mol. The highest BCUT2D eigenvalue weighted by Crippen LogP contribution is 2.76. The SMILES string of the molecule is CC1=CC2[C@]3(O)C(C=C(CO)C[C@]2(N=O)C1=O)[C@@H]1C(C)(C)[C@]1(OC(=O)Cc1ccc2ccccc2c1)C[C@H]3C. The van der Waals surface area contributed by atoms with E-state index in [9.17, 15) is 24.7 Å². The first kappa shape index (κ1) is 26.1. The largest absolute Gasteiger partial charge is 0.458 e. The molecule has 204 valence electrons. The third-order valence-electron chi connectivity index (χ3n) is 10.5. The first-order valence-corrected chi connectivity index (χ1v) is 13.7. The van der Waals surface area contributed by atoms with Gasteiger partial charge < -0.3 is 14.9 Å². The van der Waals surface area contributed by atoms with Crippen molar-refractivity contribution >= 4 is 22.5 Å². The molecule has 2 fully saturated rings. The molecular weight excluding hydrogens is 494 g/mol. The van der Waals surface area contributed by atoms with Crippen LogP contribution in [0.15, 0.2) is 70.9 Å². The zero-order valence-corrected chi connectivity index (χ0v) is 22.8. The van der Waals surface area contributed by atoms with Crippen LogP contribution in [0, 0.1) is 34.0 Å². The van der Waals surface area contributed by atoms with Crippen LogP contribution in [0.4, 0.5) is 0 Å². The van der Waals surface area contributed by atoms with Crippen molar-refractivity contribution in [3.8, 4) is 0 Å². The van der Waals surface area contributed by atoms with Crippen LogP contribution in [0.5, 0.6) is 0 Å². The summed E-state index contributed by atoms with van der Waals surface area (Å²) in [5, 5.41) is 28.2. The number of carbonyl (C=O) groups is 2. The summed E-state index contributed by atoms with van der Waals surface area (Å²) in [6.07, 6.45) is 4.04. The lowest BCUT2D eigenvalue weighted by atomic mass is 9.59. The average Bonchev–Trinajstić information content (AvgIpc) is 3.29. The lowest BCUT2D eigenvalue weighted by Crippen LogP contribution is -2.60. The summed E-state index contributed by atoms with van der Waals surface area (Å²) >= 11 is 0. The molecule has 0 spiro atoms. The van der Waals surface area contributed by atoms with E-state index >= 15 is 0 Å². The minimum Gasteiger partial charge on any atom is -0.458 e. The molecule has 2 saturated carbocycles. The highest BCUT2D eigenvalue weighted by Gasteiger charge is 2.83. The molecule has 0 amide bonds. The van der Waals surface area contributed by atoms with Crippen molar-refractivity contribution in [1.29, 1.82) is 0 Å². The Kier molecular flexibility index (Phi) is 5.63. The molecule has 4 aliphatic rings. The first-order valence-electron chi connectivity index (χ1n) is 13.7. The number of nitroso groups, excluding NO2 is 1. The summed E-state index contributed by atoms with van der Waals surface area (Å²) < 4.78 is 6.35. The van der Waals surface area contributed by atoms with Crippen molar-refractivity contribution in [3.05, 3.63) is 76.2 Å². The maximum Gasteiger partial charge on any atom is 0.310 e. The number of benzene rings is 2. The van der Waals surface area contributed by atoms with Gasteiger partial charge in [-0.3, -0.25) is 9.59 Å². The van der Waals surface area contributed by atoms with Gasteiger partial charge in [0.15, 0.2) is 11.3 Å². The van der Waals surface area contributed by atoms with Gasteiger partial charge in [-0.15, -0.1) is 4.91 Å². The molecule has 2 aromatic rings. The Bertz CT molecular complexity index is 1470. The normalized spacial score (nSPS) is 38.1. The molecule has 2 N–H and O–H groups in total. The molecule has 7 nitrogen and oxygen atoms in total. The van der Waals surface area contributed by atoms with E-state index in [1.807, 2.05) is 69.3 Å². The molecule has 0 aromatic heterocycles. The Morgan fingerprint density at radius 2 is 1.85 bits per heavy atom. The van der Waals surface area contributed by atoms with Crippen molar-refractivity contribution < 1.29 is 24.5 Å². The lowest BCUT2D eigenvalue weighted by molar-refractivity contribution is -0.173. The number of aliphatic hydroxyl groups is 2. The van der Waals surface area contributed by atoms with E-state index in [4.69, 9.17) is 4.74 Å². The van der Waals surface area contributed by atoms with E-state index in [1.165, 1.54) is 0 Å². The number of esters is 1. The second kappa shape index (κ2) is 8.42. The van der Waals surface area contributed by atoms with Crippen LogP contribution in [0.2, 0.25) is 0 Å².